The predicted molar refractivity (Wildman–Crippen MR) is 75.4 cm³/mol. The van der Waals surface area contributed by atoms with Crippen LogP contribution >= 0.6 is 11.3 Å². The average molecular weight is 252 g/mol. The van der Waals surface area contributed by atoms with E-state index in [1.165, 1.54) is 30.6 Å². The zero-order valence-electron chi connectivity index (χ0n) is 11.0. The summed E-state index contributed by atoms with van der Waals surface area (Å²) in [4.78, 5) is 3.88. The molecule has 1 saturated carbocycles. The molecule has 0 radical (unpaired) electrons. The van der Waals surface area contributed by atoms with E-state index in [0.717, 1.165) is 13.0 Å². The fraction of sp³-hybridized carbons (Fsp3) is 0.714. The van der Waals surface area contributed by atoms with E-state index in [0.29, 0.717) is 6.04 Å². The summed E-state index contributed by atoms with van der Waals surface area (Å²) in [5.41, 5.74) is 6.53. The van der Waals surface area contributed by atoms with Crippen molar-refractivity contribution < 1.29 is 0 Å². The predicted octanol–water partition coefficient (Wildman–Crippen LogP) is 3.40. The molecule has 1 heterocycles. The van der Waals surface area contributed by atoms with E-state index in [-0.39, 0.29) is 5.54 Å². The topological polar surface area (TPSA) is 29.3 Å². The Balaban J connectivity index is 1.82. The third-order valence-corrected chi connectivity index (χ3v) is 5.22. The second-order valence-corrected chi connectivity index (χ2v) is 6.47. The molecule has 2 rings (SSSR count). The van der Waals surface area contributed by atoms with Crippen LogP contribution in [0.4, 0.5) is 0 Å². The van der Waals surface area contributed by atoms with Gasteiger partial charge >= 0.3 is 0 Å². The molecule has 2 nitrogen and oxygen atoms in total. The highest BCUT2D eigenvalue weighted by Crippen LogP contribution is 2.31. The van der Waals surface area contributed by atoms with Crippen molar-refractivity contribution in [3.63, 3.8) is 0 Å². The highest BCUT2D eigenvalue weighted by Gasteiger charge is 2.29. The number of thiophene rings is 1. The second-order valence-electron chi connectivity index (χ2n) is 5.49. The summed E-state index contributed by atoms with van der Waals surface area (Å²) in [7, 11) is 2.21. The lowest BCUT2D eigenvalue weighted by Gasteiger charge is -2.29. The van der Waals surface area contributed by atoms with Crippen LogP contribution in [-0.4, -0.2) is 24.0 Å². The number of hydrogen-bond donors (Lipinski definition) is 1. The zero-order chi connectivity index (χ0) is 12.3. The Morgan fingerprint density at radius 1 is 1.47 bits per heavy atom. The third-order valence-electron chi connectivity index (χ3n) is 4.18. The van der Waals surface area contributed by atoms with E-state index in [1.807, 2.05) is 11.3 Å². The summed E-state index contributed by atoms with van der Waals surface area (Å²) in [5.74, 6) is 0. The molecule has 3 heteroatoms. The highest BCUT2D eigenvalue weighted by molar-refractivity contribution is 7.10. The van der Waals surface area contributed by atoms with Crippen molar-refractivity contribution in [2.24, 2.45) is 5.73 Å². The molecule has 17 heavy (non-hydrogen) atoms. The molecule has 1 aliphatic rings. The molecule has 1 fully saturated rings. The van der Waals surface area contributed by atoms with Crippen molar-refractivity contribution in [1.29, 1.82) is 0 Å². The molecule has 0 aromatic carbocycles. The molecular weight excluding hydrogens is 228 g/mol. The Morgan fingerprint density at radius 2 is 2.18 bits per heavy atom. The smallest absolute Gasteiger partial charge is 0.0410 e. The van der Waals surface area contributed by atoms with Crippen LogP contribution in [0.1, 0.15) is 49.9 Å². The van der Waals surface area contributed by atoms with Crippen LogP contribution in [0.5, 0.6) is 0 Å². The first-order chi connectivity index (χ1) is 8.11. The van der Waals surface area contributed by atoms with Gasteiger partial charge in [0.25, 0.3) is 0 Å². The van der Waals surface area contributed by atoms with E-state index in [1.54, 1.807) is 0 Å². The van der Waals surface area contributed by atoms with Gasteiger partial charge in [-0.15, -0.1) is 11.3 Å². The number of rotatable bonds is 5. The summed E-state index contributed by atoms with van der Waals surface area (Å²) in [6, 6.07) is 4.87. The van der Waals surface area contributed by atoms with Gasteiger partial charge in [-0.3, -0.25) is 4.90 Å². The summed E-state index contributed by atoms with van der Waals surface area (Å²) in [5, 5.41) is 2.15. The van der Waals surface area contributed by atoms with Gasteiger partial charge in [-0.2, -0.15) is 0 Å². The van der Waals surface area contributed by atoms with E-state index in [9.17, 15) is 0 Å². The van der Waals surface area contributed by atoms with E-state index >= 15 is 0 Å². The largest absolute Gasteiger partial charge is 0.325 e. The van der Waals surface area contributed by atoms with Gasteiger partial charge in [0.2, 0.25) is 0 Å². The minimum Gasteiger partial charge on any atom is -0.325 e. The van der Waals surface area contributed by atoms with Crippen LogP contribution in [0.3, 0.4) is 0 Å². The molecule has 0 aliphatic heterocycles. The van der Waals surface area contributed by atoms with Crippen LogP contribution in [0, 0.1) is 0 Å². The zero-order valence-corrected chi connectivity index (χ0v) is 11.8. The molecule has 1 aromatic rings. The quantitative estimate of drug-likeness (QED) is 0.870. The van der Waals surface area contributed by atoms with E-state index in [4.69, 9.17) is 5.73 Å². The first-order valence-corrected chi connectivity index (χ1v) is 7.51. The van der Waals surface area contributed by atoms with Crippen molar-refractivity contribution in [3.05, 3.63) is 22.4 Å². The summed E-state index contributed by atoms with van der Waals surface area (Å²) in [6.07, 6.45) is 6.21. The Hall–Kier alpha value is -0.380. The van der Waals surface area contributed by atoms with Crippen molar-refractivity contribution in [1.82, 2.24) is 4.90 Å². The van der Waals surface area contributed by atoms with Crippen molar-refractivity contribution >= 4 is 11.3 Å². The lowest BCUT2D eigenvalue weighted by atomic mass is 9.94. The highest BCUT2D eigenvalue weighted by atomic mass is 32.1. The number of hydrogen-bond acceptors (Lipinski definition) is 3. The van der Waals surface area contributed by atoms with Crippen LogP contribution in [-0.2, 0) is 0 Å². The standard InChI is InChI=1S/C14H24N2S/c1-12(13-6-5-11-17-13)16(2)10-9-14(15)7-3-4-8-14/h5-6,11-12H,3-4,7-10,15H2,1-2H3. The molecular formula is C14H24N2S. The molecule has 0 saturated heterocycles. The maximum Gasteiger partial charge on any atom is 0.0410 e. The maximum atomic E-state index is 6.40. The monoisotopic (exact) mass is 252 g/mol. The van der Waals surface area contributed by atoms with Gasteiger partial charge in [-0.25, -0.2) is 0 Å². The SMILES string of the molecule is CC(c1cccs1)N(C)CCC1(N)CCCC1. The minimum absolute atomic E-state index is 0.128. The maximum absolute atomic E-state index is 6.40. The molecule has 0 bridgehead atoms. The van der Waals surface area contributed by atoms with Crippen LogP contribution in [0.25, 0.3) is 0 Å². The van der Waals surface area contributed by atoms with E-state index < -0.39 is 0 Å². The van der Waals surface area contributed by atoms with E-state index in [2.05, 4.69) is 36.4 Å². The van der Waals surface area contributed by atoms with Gasteiger partial charge in [0.1, 0.15) is 0 Å². The lowest BCUT2D eigenvalue weighted by Crippen LogP contribution is -2.40. The molecule has 0 amide bonds. The van der Waals surface area contributed by atoms with Crippen LogP contribution in [0.15, 0.2) is 17.5 Å². The molecule has 0 spiro atoms. The van der Waals surface area contributed by atoms with Crippen LogP contribution < -0.4 is 5.73 Å². The average Bonchev–Trinajstić information content (AvgIpc) is 2.96. The van der Waals surface area contributed by atoms with Gasteiger partial charge in [-0.1, -0.05) is 18.9 Å². The summed E-state index contributed by atoms with van der Waals surface area (Å²) < 4.78 is 0. The van der Waals surface area contributed by atoms with Gasteiger partial charge in [0.15, 0.2) is 0 Å². The fourth-order valence-electron chi connectivity index (χ4n) is 2.67. The van der Waals surface area contributed by atoms with Gasteiger partial charge in [0, 0.05) is 23.0 Å². The molecule has 96 valence electrons. The Kier molecular flexibility index (Phi) is 4.23. The van der Waals surface area contributed by atoms with Gasteiger partial charge < -0.3 is 5.73 Å². The number of nitrogens with two attached hydrogens (primary N) is 1. The fourth-order valence-corrected chi connectivity index (χ4v) is 3.52. The molecule has 1 atom stereocenters. The summed E-state index contributed by atoms with van der Waals surface area (Å²) >= 11 is 1.84. The normalized spacial score (nSPS) is 20.9. The minimum atomic E-state index is 0.128. The van der Waals surface area contributed by atoms with Gasteiger partial charge in [-0.05, 0) is 44.7 Å². The third kappa shape index (κ3) is 3.30. The van der Waals surface area contributed by atoms with Crippen molar-refractivity contribution in [2.75, 3.05) is 13.6 Å². The molecule has 1 aliphatic carbocycles. The second kappa shape index (κ2) is 5.51. The van der Waals surface area contributed by atoms with Crippen molar-refractivity contribution in [2.45, 2.75) is 50.6 Å². The molecule has 1 aromatic heterocycles. The molecule has 1 unspecified atom stereocenters. The Labute approximate surface area is 109 Å². The van der Waals surface area contributed by atoms with Gasteiger partial charge in [0.05, 0.1) is 0 Å². The first kappa shape index (κ1) is 13.1. The lowest BCUT2D eigenvalue weighted by molar-refractivity contribution is 0.231. The summed E-state index contributed by atoms with van der Waals surface area (Å²) in [6.45, 7) is 3.39. The number of nitrogens with zero attached hydrogens (tertiary/aromatic N) is 1. The Morgan fingerprint density at radius 3 is 2.76 bits per heavy atom. The van der Waals surface area contributed by atoms with Crippen LogP contribution in [0.2, 0.25) is 0 Å². The Bertz CT molecular complexity index is 328. The van der Waals surface area contributed by atoms with Crippen molar-refractivity contribution in [3.8, 4) is 0 Å². The first-order valence-electron chi connectivity index (χ1n) is 6.63. The molecule has 2 N–H and O–H groups in total.